The van der Waals surface area contributed by atoms with Crippen LogP contribution in [0.25, 0.3) is 10.4 Å². The molecule has 2 N–H and O–H groups in total. The van der Waals surface area contributed by atoms with E-state index < -0.39 is 24.2 Å². The van der Waals surface area contributed by atoms with Crippen molar-refractivity contribution in [2.24, 2.45) is 5.41 Å². The summed E-state index contributed by atoms with van der Waals surface area (Å²) in [6.45, 7) is 8.00. The molecule has 0 radical (unpaired) electrons. The molecule has 2 aromatic rings. The number of benzene rings is 1. The Hall–Kier alpha value is -2.32. The van der Waals surface area contributed by atoms with Gasteiger partial charge in [-0.15, -0.1) is 11.3 Å². The van der Waals surface area contributed by atoms with Crippen molar-refractivity contribution in [3.63, 3.8) is 0 Å². The highest BCUT2D eigenvalue weighted by molar-refractivity contribution is 7.13. The summed E-state index contributed by atoms with van der Waals surface area (Å²) in [6, 6.07) is 5.74. The first kappa shape index (κ1) is 22.4. The number of hydrogen-bond donors (Lipinski definition) is 2. The molecule has 3 atom stereocenters. The first-order valence-electron chi connectivity index (χ1n) is 10.1. The molecule has 2 heterocycles. The van der Waals surface area contributed by atoms with E-state index in [4.69, 9.17) is 0 Å². The van der Waals surface area contributed by atoms with E-state index in [2.05, 4.69) is 15.6 Å². The van der Waals surface area contributed by atoms with Crippen molar-refractivity contribution >= 4 is 28.8 Å². The molecule has 1 aromatic carbocycles. The van der Waals surface area contributed by atoms with Crippen molar-refractivity contribution in [3.05, 3.63) is 35.5 Å². The number of aromatic nitrogens is 1. The summed E-state index contributed by atoms with van der Waals surface area (Å²) in [5.41, 5.74) is 3.97. The van der Waals surface area contributed by atoms with E-state index in [1.807, 2.05) is 39.8 Å². The van der Waals surface area contributed by atoms with Gasteiger partial charge in [-0.2, -0.15) is 0 Å². The number of carbonyl (C=O) groups excluding carboxylic acids is 2. The normalized spacial score (nSPS) is 20.3. The van der Waals surface area contributed by atoms with Gasteiger partial charge in [0.1, 0.15) is 12.2 Å². The van der Waals surface area contributed by atoms with Crippen LogP contribution in [0.4, 0.5) is 10.1 Å². The number of hydrogen-bond acceptors (Lipinski definition) is 5. The van der Waals surface area contributed by atoms with Gasteiger partial charge in [0.2, 0.25) is 11.8 Å². The first-order chi connectivity index (χ1) is 14.1. The van der Waals surface area contributed by atoms with Crippen LogP contribution in [0.2, 0.25) is 0 Å². The Balaban J connectivity index is 1.74. The van der Waals surface area contributed by atoms with E-state index in [0.717, 1.165) is 16.1 Å². The predicted molar refractivity (Wildman–Crippen MR) is 118 cm³/mol. The molecule has 3 rings (SSSR count). The quantitative estimate of drug-likeness (QED) is 0.757. The van der Waals surface area contributed by atoms with Gasteiger partial charge in [0, 0.05) is 12.2 Å². The predicted octanol–water partition coefficient (Wildman–Crippen LogP) is 3.63. The Morgan fingerprint density at radius 2 is 1.93 bits per heavy atom. The van der Waals surface area contributed by atoms with E-state index >= 15 is 0 Å². The minimum absolute atomic E-state index is 0.161. The standard InChI is InChI=1S/C22H29FN4O2S/c1-13-18(30-12-25-13)14-6-8-15(9-7-14)26-20(28)17-16(23)10-11-27(17)21(29)19(24-5)22(2,3)4/h6-9,12,16-17,19,24H,10-11H2,1-5H3,(H,26,28)/t16-,17-,19?/m0/s1. The zero-order chi connectivity index (χ0) is 22.1. The first-order valence-corrected chi connectivity index (χ1v) is 10.9. The lowest BCUT2D eigenvalue weighted by atomic mass is 9.86. The summed E-state index contributed by atoms with van der Waals surface area (Å²) < 4.78 is 14.6. The number of nitrogens with one attached hydrogen (secondary N) is 2. The molecule has 1 aromatic heterocycles. The molecule has 2 amide bonds. The number of likely N-dealkylation sites (tertiary alicyclic amines) is 1. The van der Waals surface area contributed by atoms with Gasteiger partial charge in [0.05, 0.1) is 22.1 Å². The Kier molecular flexibility index (Phi) is 6.57. The molecular formula is C22H29FN4O2S. The monoisotopic (exact) mass is 432 g/mol. The number of carbonyl (C=O) groups is 2. The molecule has 0 saturated carbocycles. The molecule has 1 aliphatic heterocycles. The van der Waals surface area contributed by atoms with Crippen LogP contribution in [0, 0.1) is 12.3 Å². The Labute approximate surface area is 180 Å². The minimum atomic E-state index is -1.38. The van der Waals surface area contributed by atoms with Gasteiger partial charge in [0.15, 0.2) is 0 Å². The highest BCUT2D eigenvalue weighted by Gasteiger charge is 2.45. The smallest absolute Gasteiger partial charge is 0.250 e. The van der Waals surface area contributed by atoms with Crippen LogP contribution >= 0.6 is 11.3 Å². The number of halogens is 1. The molecule has 162 valence electrons. The van der Waals surface area contributed by atoms with E-state index in [0.29, 0.717) is 5.69 Å². The molecule has 1 unspecified atom stereocenters. The summed E-state index contributed by atoms with van der Waals surface area (Å²) in [5, 5.41) is 5.79. The fraction of sp³-hybridized carbons (Fsp3) is 0.500. The number of likely N-dealkylation sites (N-methyl/N-ethyl adjacent to an activating group) is 1. The molecule has 1 saturated heterocycles. The number of nitrogens with zero attached hydrogens (tertiary/aromatic N) is 2. The van der Waals surface area contributed by atoms with Crippen molar-refractivity contribution in [2.45, 2.75) is 52.4 Å². The van der Waals surface area contributed by atoms with Crippen molar-refractivity contribution < 1.29 is 14.0 Å². The Morgan fingerprint density at radius 1 is 1.27 bits per heavy atom. The summed E-state index contributed by atoms with van der Waals surface area (Å²) in [5.74, 6) is -0.750. The number of alkyl halides is 1. The topological polar surface area (TPSA) is 74.3 Å². The molecule has 0 spiro atoms. The van der Waals surface area contributed by atoms with Gasteiger partial charge in [0.25, 0.3) is 0 Å². The van der Waals surface area contributed by atoms with E-state index in [-0.39, 0.29) is 24.3 Å². The highest BCUT2D eigenvalue weighted by atomic mass is 32.1. The van der Waals surface area contributed by atoms with Crippen LogP contribution in [-0.4, -0.2) is 53.5 Å². The second-order valence-electron chi connectivity index (χ2n) is 8.70. The molecular weight excluding hydrogens is 403 g/mol. The third kappa shape index (κ3) is 4.54. The molecule has 0 aliphatic carbocycles. The van der Waals surface area contributed by atoms with Crippen LogP contribution in [0.3, 0.4) is 0 Å². The fourth-order valence-electron chi connectivity index (χ4n) is 3.90. The van der Waals surface area contributed by atoms with Crippen molar-refractivity contribution in [1.29, 1.82) is 0 Å². The van der Waals surface area contributed by atoms with E-state index in [9.17, 15) is 14.0 Å². The minimum Gasteiger partial charge on any atom is -0.326 e. The van der Waals surface area contributed by atoms with Crippen LogP contribution < -0.4 is 10.6 Å². The maximum Gasteiger partial charge on any atom is 0.250 e. The molecule has 6 nitrogen and oxygen atoms in total. The molecule has 1 aliphatic rings. The second kappa shape index (κ2) is 8.81. The van der Waals surface area contributed by atoms with Gasteiger partial charge < -0.3 is 15.5 Å². The average molecular weight is 433 g/mol. The maximum absolute atomic E-state index is 14.6. The van der Waals surface area contributed by atoms with Gasteiger partial charge in [-0.1, -0.05) is 32.9 Å². The summed E-state index contributed by atoms with van der Waals surface area (Å²) in [4.78, 5) is 32.7. The summed E-state index contributed by atoms with van der Waals surface area (Å²) in [6.07, 6.45) is -1.22. The highest BCUT2D eigenvalue weighted by Crippen LogP contribution is 2.30. The molecule has 0 bridgehead atoms. The third-order valence-electron chi connectivity index (χ3n) is 5.44. The maximum atomic E-state index is 14.6. The lowest BCUT2D eigenvalue weighted by Gasteiger charge is -2.34. The van der Waals surface area contributed by atoms with Crippen LogP contribution in [0.1, 0.15) is 32.9 Å². The second-order valence-corrected chi connectivity index (χ2v) is 9.56. The lowest BCUT2D eigenvalue weighted by Crippen LogP contribution is -2.56. The molecule has 1 fully saturated rings. The van der Waals surface area contributed by atoms with Crippen molar-refractivity contribution in [1.82, 2.24) is 15.2 Å². The largest absolute Gasteiger partial charge is 0.326 e. The number of anilines is 1. The average Bonchev–Trinajstić information content (AvgIpc) is 3.27. The zero-order valence-corrected chi connectivity index (χ0v) is 18.8. The number of rotatable bonds is 5. The van der Waals surface area contributed by atoms with Crippen LogP contribution in [-0.2, 0) is 9.59 Å². The number of aryl methyl sites for hydroxylation is 1. The van der Waals surface area contributed by atoms with E-state index in [1.54, 1.807) is 36.0 Å². The lowest BCUT2D eigenvalue weighted by molar-refractivity contribution is -0.141. The summed E-state index contributed by atoms with van der Waals surface area (Å²) >= 11 is 1.56. The fourth-order valence-corrected chi connectivity index (χ4v) is 4.71. The SMILES string of the molecule is CNC(C(=O)N1CC[C@H](F)[C@H]1C(=O)Nc1ccc(-c2scnc2C)cc1)C(C)(C)C. The van der Waals surface area contributed by atoms with Crippen LogP contribution in [0.15, 0.2) is 29.8 Å². The van der Waals surface area contributed by atoms with E-state index in [1.165, 1.54) is 4.90 Å². The zero-order valence-electron chi connectivity index (χ0n) is 18.0. The molecule has 30 heavy (non-hydrogen) atoms. The van der Waals surface area contributed by atoms with Crippen molar-refractivity contribution in [3.8, 4) is 10.4 Å². The van der Waals surface area contributed by atoms with Gasteiger partial charge in [-0.05, 0) is 43.5 Å². The van der Waals surface area contributed by atoms with Crippen molar-refractivity contribution in [2.75, 3.05) is 18.9 Å². The molecule has 8 heteroatoms. The third-order valence-corrected chi connectivity index (χ3v) is 6.42. The van der Waals surface area contributed by atoms with Gasteiger partial charge in [-0.25, -0.2) is 9.37 Å². The van der Waals surface area contributed by atoms with Crippen LogP contribution in [0.5, 0.6) is 0 Å². The Morgan fingerprint density at radius 3 is 2.47 bits per heavy atom. The number of amides is 2. The Bertz CT molecular complexity index is 907. The summed E-state index contributed by atoms with van der Waals surface area (Å²) in [7, 11) is 1.71. The number of thiazole rings is 1. The van der Waals surface area contributed by atoms with Gasteiger partial charge >= 0.3 is 0 Å². The van der Waals surface area contributed by atoms with Gasteiger partial charge in [-0.3, -0.25) is 9.59 Å².